The second-order valence-electron chi connectivity index (χ2n) is 9.03. The van der Waals surface area contributed by atoms with Crippen LogP contribution in [-0.4, -0.2) is 19.9 Å². The van der Waals surface area contributed by atoms with E-state index in [1.54, 1.807) is 0 Å². The molecule has 0 aliphatic rings. The zero-order valence-electron chi connectivity index (χ0n) is 23.5. The van der Waals surface area contributed by atoms with E-state index in [4.69, 9.17) is 57.9 Å². The van der Waals surface area contributed by atoms with Crippen LogP contribution in [0.5, 0.6) is 0 Å². The molecule has 0 amide bonds. The summed E-state index contributed by atoms with van der Waals surface area (Å²) in [4.78, 5) is 21.2. The van der Waals surface area contributed by atoms with Crippen molar-refractivity contribution in [2.75, 3.05) is 11.5 Å². The van der Waals surface area contributed by atoms with Crippen LogP contribution in [-0.2, 0) is 0 Å². The third-order valence-corrected chi connectivity index (χ3v) is 10.2. The van der Waals surface area contributed by atoms with Crippen LogP contribution in [0.1, 0.15) is 0 Å². The maximum atomic E-state index is 5.90. The van der Waals surface area contributed by atoms with Crippen molar-refractivity contribution in [2.24, 2.45) is 0 Å². The van der Waals surface area contributed by atoms with Crippen molar-refractivity contribution in [3.63, 3.8) is 0 Å². The Hall–Kier alpha value is -2.80. The fourth-order valence-electron chi connectivity index (χ4n) is 3.54. The van der Waals surface area contributed by atoms with Gasteiger partial charge in [-0.05, 0) is 97.1 Å². The third-order valence-electron chi connectivity index (χ3n) is 5.54. The molecule has 2 heterocycles. The summed E-state index contributed by atoms with van der Waals surface area (Å²) in [6, 6.07) is 34.1. The number of hydrogen-bond donors (Lipinski definition) is 2. The number of nitrogens with zero attached hydrogens (tertiary/aromatic N) is 4. The minimum absolute atomic E-state index is 0.250. The largest absolute Gasteiger partial charge is 0.368 e. The first kappa shape index (κ1) is 34.5. The smallest absolute Gasteiger partial charge is 0.222 e. The van der Waals surface area contributed by atoms with E-state index in [1.165, 1.54) is 47.0 Å². The van der Waals surface area contributed by atoms with Gasteiger partial charge in [-0.2, -0.15) is 0 Å². The van der Waals surface area contributed by atoms with Gasteiger partial charge in [0.1, 0.15) is 20.1 Å². The van der Waals surface area contributed by atoms with Crippen LogP contribution in [0.15, 0.2) is 149 Å². The Bertz CT molecular complexity index is 1630. The SMILES string of the molecule is Nc1nc(Sc2ccc(Cl)cc2)cc(Sc2ccc(Cl)cc2)n1.Nc1nc(Sc2ccc(Cl)cc2)cc(Sc2ccc(Cl)cc2)n1. The van der Waals surface area contributed by atoms with Crippen molar-refractivity contribution in [3.8, 4) is 0 Å². The van der Waals surface area contributed by atoms with Gasteiger partial charge < -0.3 is 11.5 Å². The number of aromatic nitrogens is 4. The molecule has 2 aromatic heterocycles. The normalized spacial score (nSPS) is 10.7. The summed E-state index contributed by atoms with van der Waals surface area (Å²) in [6.45, 7) is 0. The van der Waals surface area contributed by atoms with Gasteiger partial charge in [0.25, 0.3) is 0 Å². The molecule has 0 spiro atoms. The molecule has 6 rings (SSSR count). The summed E-state index contributed by atoms with van der Waals surface area (Å²) < 4.78 is 0. The molecule has 14 heteroatoms. The molecule has 0 saturated heterocycles. The summed E-state index contributed by atoms with van der Waals surface area (Å²) in [7, 11) is 0. The zero-order valence-corrected chi connectivity index (χ0v) is 29.8. The van der Waals surface area contributed by atoms with Gasteiger partial charge in [0.15, 0.2) is 0 Å². The van der Waals surface area contributed by atoms with Crippen LogP contribution in [0.4, 0.5) is 11.9 Å². The van der Waals surface area contributed by atoms with E-state index in [9.17, 15) is 0 Å². The van der Waals surface area contributed by atoms with E-state index in [-0.39, 0.29) is 11.9 Å². The highest BCUT2D eigenvalue weighted by Gasteiger charge is 2.08. The average Bonchev–Trinajstić information content (AvgIpc) is 3.02. The Kier molecular flexibility index (Phi) is 12.6. The van der Waals surface area contributed by atoms with Crippen molar-refractivity contribution < 1.29 is 0 Å². The molecule has 6 nitrogen and oxygen atoms in total. The molecule has 4 aromatic carbocycles. The van der Waals surface area contributed by atoms with E-state index >= 15 is 0 Å². The Morgan fingerprint density at radius 3 is 0.739 bits per heavy atom. The minimum Gasteiger partial charge on any atom is -0.368 e. The van der Waals surface area contributed by atoms with Crippen molar-refractivity contribution in [1.29, 1.82) is 0 Å². The maximum Gasteiger partial charge on any atom is 0.222 e. The van der Waals surface area contributed by atoms with Gasteiger partial charge in [0, 0.05) is 51.8 Å². The lowest BCUT2D eigenvalue weighted by Gasteiger charge is -2.06. The van der Waals surface area contributed by atoms with Gasteiger partial charge in [-0.15, -0.1) is 0 Å². The van der Waals surface area contributed by atoms with Gasteiger partial charge in [-0.25, -0.2) is 19.9 Å². The topological polar surface area (TPSA) is 104 Å². The van der Waals surface area contributed by atoms with Gasteiger partial charge in [0.05, 0.1) is 0 Å². The number of halogens is 4. The van der Waals surface area contributed by atoms with E-state index in [0.717, 1.165) is 39.7 Å². The monoisotopic (exact) mass is 758 g/mol. The van der Waals surface area contributed by atoms with Gasteiger partial charge in [0.2, 0.25) is 11.9 Å². The molecular weight excluding hydrogens is 738 g/mol. The molecule has 0 radical (unpaired) electrons. The predicted molar refractivity (Wildman–Crippen MR) is 195 cm³/mol. The maximum absolute atomic E-state index is 5.90. The fourth-order valence-corrected chi connectivity index (χ4v) is 7.49. The first-order chi connectivity index (χ1) is 22.2. The van der Waals surface area contributed by atoms with Gasteiger partial charge in [-0.3, -0.25) is 0 Å². The molecular formula is C32H22Cl4N6S4. The van der Waals surface area contributed by atoms with E-state index in [1.807, 2.05) is 109 Å². The lowest BCUT2D eigenvalue weighted by molar-refractivity contribution is 0.980. The molecule has 46 heavy (non-hydrogen) atoms. The van der Waals surface area contributed by atoms with E-state index in [0.29, 0.717) is 20.1 Å². The first-order valence-electron chi connectivity index (χ1n) is 13.2. The number of anilines is 2. The van der Waals surface area contributed by atoms with Crippen molar-refractivity contribution in [1.82, 2.24) is 19.9 Å². The van der Waals surface area contributed by atoms with Crippen molar-refractivity contribution in [2.45, 2.75) is 39.7 Å². The van der Waals surface area contributed by atoms with E-state index < -0.39 is 0 Å². The van der Waals surface area contributed by atoms with Crippen molar-refractivity contribution in [3.05, 3.63) is 129 Å². The van der Waals surface area contributed by atoms with Crippen LogP contribution < -0.4 is 11.5 Å². The van der Waals surface area contributed by atoms with E-state index in [2.05, 4.69) is 19.9 Å². The Labute approximate surface area is 303 Å². The third kappa shape index (κ3) is 11.2. The van der Waals surface area contributed by atoms with Gasteiger partial charge >= 0.3 is 0 Å². The molecule has 6 aromatic rings. The number of nitrogens with two attached hydrogens (primary N) is 2. The van der Waals surface area contributed by atoms with Crippen LogP contribution in [0.25, 0.3) is 0 Å². The summed E-state index contributed by atoms with van der Waals surface area (Å²) in [5.41, 5.74) is 11.6. The van der Waals surface area contributed by atoms with Crippen LogP contribution in [0.2, 0.25) is 20.1 Å². The lowest BCUT2D eigenvalue weighted by atomic mass is 10.4. The Balaban J connectivity index is 0.000000181. The molecule has 0 fully saturated rings. The fraction of sp³-hybridized carbons (Fsp3) is 0. The molecule has 0 saturated carbocycles. The van der Waals surface area contributed by atoms with Crippen LogP contribution in [0.3, 0.4) is 0 Å². The highest BCUT2D eigenvalue weighted by molar-refractivity contribution is 8.00. The summed E-state index contributed by atoms with van der Waals surface area (Å²) in [6.07, 6.45) is 0. The van der Waals surface area contributed by atoms with Crippen LogP contribution in [0, 0.1) is 0 Å². The lowest BCUT2D eigenvalue weighted by Crippen LogP contribution is -1.97. The number of benzene rings is 4. The number of hydrogen-bond acceptors (Lipinski definition) is 10. The minimum atomic E-state index is 0.250. The average molecular weight is 761 g/mol. The first-order valence-corrected chi connectivity index (χ1v) is 18.0. The zero-order chi connectivity index (χ0) is 32.5. The Morgan fingerprint density at radius 1 is 0.348 bits per heavy atom. The van der Waals surface area contributed by atoms with Gasteiger partial charge in [-0.1, -0.05) is 93.5 Å². The van der Waals surface area contributed by atoms with Crippen LogP contribution >= 0.6 is 93.5 Å². The summed E-state index contributed by atoms with van der Waals surface area (Å²) >= 11 is 29.6. The molecule has 0 unspecified atom stereocenters. The predicted octanol–water partition coefficient (Wildman–Crippen LogP) is 11.3. The molecule has 4 N–H and O–H groups in total. The second kappa shape index (κ2) is 16.9. The highest BCUT2D eigenvalue weighted by atomic mass is 35.5. The number of nitrogen functional groups attached to an aromatic ring is 2. The molecule has 0 bridgehead atoms. The second-order valence-corrected chi connectivity index (χ2v) is 15.2. The number of rotatable bonds is 8. The highest BCUT2D eigenvalue weighted by Crippen LogP contribution is 2.34. The standard InChI is InChI=1S/2C16H11Cl2N3S2/c2*17-10-1-5-12(6-2-10)22-14-9-15(21-16(19)20-14)23-13-7-3-11(18)4-8-13/h2*1-9H,(H2,19,20,21). The summed E-state index contributed by atoms with van der Waals surface area (Å²) in [5, 5.41) is 5.97. The molecule has 0 aliphatic carbocycles. The quantitative estimate of drug-likeness (QED) is 0.146. The van der Waals surface area contributed by atoms with Crippen molar-refractivity contribution >= 4 is 105 Å². The molecule has 0 atom stereocenters. The molecule has 0 aliphatic heterocycles. The summed E-state index contributed by atoms with van der Waals surface area (Å²) in [5.74, 6) is 0.501. The molecule has 232 valence electrons. The Morgan fingerprint density at radius 2 is 0.543 bits per heavy atom.